The van der Waals surface area contributed by atoms with Crippen LogP contribution in [0.15, 0.2) is 24.3 Å². The van der Waals surface area contributed by atoms with Gasteiger partial charge >= 0.3 is 12.4 Å². The molecule has 1 aromatic rings. The molecule has 0 saturated heterocycles. The van der Waals surface area contributed by atoms with Crippen molar-refractivity contribution in [3.63, 3.8) is 0 Å². The summed E-state index contributed by atoms with van der Waals surface area (Å²) in [5, 5.41) is 0. The SMILES string of the molecule is COC(=O)Cc1ccc(C[C](F)F)cc1. The minimum absolute atomic E-state index is 0.165. The van der Waals surface area contributed by atoms with Crippen molar-refractivity contribution in [2.24, 2.45) is 0 Å². The smallest absolute Gasteiger partial charge is 0.314 e. The first kappa shape index (κ1) is 11.6. The van der Waals surface area contributed by atoms with Crippen LogP contribution in [-0.2, 0) is 22.4 Å². The van der Waals surface area contributed by atoms with E-state index in [-0.39, 0.29) is 18.8 Å². The molecule has 2 nitrogen and oxygen atoms in total. The number of benzene rings is 1. The summed E-state index contributed by atoms with van der Waals surface area (Å²) in [6, 6.07) is 6.46. The normalized spacial score (nSPS) is 10.4. The molecule has 0 fully saturated rings. The van der Waals surface area contributed by atoms with Gasteiger partial charge in [0.1, 0.15) is 0 Å². The van der Waals surface area contributed by atoms with Crippen LogP contribution >= 0.6 is 0 Å². The van der Waals surface area contributed by atoms with Crippen molar-refractivity contribution in [1.29, 1.82) is 0 Å². The summed E-state index contributed by atoms with van der Waals surface area (Å²) in [5.74, 6) is -0.342. The highest BCUT2D eigenvalue weighted by Gasteiger charge is 2.07. The van der Waals surface area contributed by atoms with Gasteiger partial charge in [0.05, 0.1) is 13.5 Å². The summed E-state index contributed by atoms with van der Waals surface area (Å²) in [6.07, 6.45) is -1.78. The van der Waals surface area contributed by atoms with Gasteiger partial charge in [0, 0.05) is 6.42 Å². The molecule has 0 amide bonds. The maximum Gasteiger partial charge on any atom is 0.314 e. The maximum atomic E-state index is 11.9. The van der Waals surface area contributed by atoms with E-state index >= 15 is 0 Å². The predicted octanol–water partition coefficient (Wildman–Crippen LogP) is 2.37. The fourth-order valence-corrected chi connectivity index (χ4v) is 1.17. The summed E-state index contributed by atoms with van der Waals surface area (Å²) in [7, 11) is 1.31. The van der Waals surface area contributed by atoms with Gasteiger partial charge in [-0.1, -0.05) is 24.3 Å². The lowest BCUT2D eigenvalue weighted by Crippen LogP contribution is -2.04. The third-order valence-electron chi connectivity index (χ3n) is 1.94. The van der Waals surface area contributed by atoms with Crippen LogP contribution in [-0.4, -0.2) is 13.1 Å². The number of carbonyl (C=O) groups excluding carboxylic acids is 1. The van der Waals surface area contributed by atoms with E-state index in [4.69, 9.17) is 0 Å². The van der Waals surface area contributed by atoms with Crippen molar-refractivity contribution in [3.8, 4) is 0 Å². The van der Waals surface area contributed by atoms with Gasteiger partial charge in [0.15, 0.2) is 0 Å². The summed E-state index contributed by atoms with van der Waals surface area (Å²) in [6.45, 7) is 0. The van der Waals surface area contributed by atoms with E-state index in [1.54, 1.807) is 24.3 Å². The van der Waals surface area contributed by atoms with Crippen LogP contribution in [0.5, 0.6) is 0 Å². The van der Waals surface area contributed by atoms with E-state index in [1.807, 2.05) is 0 Å². The zero-order valence-corrected chi connectivity index (χ0v) is 8.30. The van der Waals surface area contributed by atoms with E-state index in [9.17, 15) is 13.6 Å². The lowest BCUT2D eigenvalue weighted by atomic mass is 10.1. The van der Waals surface area contributed by atoms with Gasteiger partial charge in [0.2, 0.25) is 0 Å². The number of hydrogen-bond donors (Lipinski definition) is 0. The Morgan fingerprint density at radius 3 is 2.00 bits per heavy atom. The van der Waals surface area contributed by atoms with E-state index in [0.29, 0.717) is 5.56 Å². The molecule has 0 aromatic heterocycles. The first-order valence-electron chi connectivity index (χ1n) is 4.43. The predicted molar refractivity (Wildman–Crippen MR) is 51.3 cm³/mol. The molecule has 0 saturated carbocycles. The molecule has 0 aliphatic rings. The molecule has 0 atom stereocenters. The van der Waals surface area contributed by atoms with Gasteiger partial charge in [-0.05, 0) is 11.1 Å². The van der Waals surface area contributed by atoms with Crippen molar-refractivity contribution < 1.29 is 18.3 Å². The van der Waals surface area contributed by atoms with Crippen LogP contribution < -0.4 is 0 Å². The molecule has 1 radical (unpaired) electrons. The molecule has 0 N–H and O–H groups in total. The van der Waals surface area contributed by atoms with Crippen molar-refractivity contribution in [2.45, 2.75) is 12.8 Å². The van der Waals surface area contributed by atoms with Crippen LogP contribution in [0.3, 0.4) is 0 Å². The molecule has 0 unspecified atom stereocenters. The number of ether oxygens (including phenoxy) is 1. The van der Waals surface area contributed by atoms with Crippen LogP contribution in [0.1, 0.15) is 11.1 Å². The molecule has 0 aliphatic heterocycles. The Bertz CT molecular complexity index is 320. The quantitative estimate of drug-likeness (QED) is 0.718. The highest BCUT2D eigenvalue weighted by atomic mass is 19.3. The number of carbonyl (C=O) groups is 1. The maximum absolute atomic E-state index is 11.9. The van der Waals surface area contributed by atoms with Gasteiger partial charge < -0.3 is 4.74 Å². The lowest BCUT2D eigenvalue weighted by molar-refractivity contribution is -0.139. The standard InChI is InChI=1S/C11H11F2O2/c1-15-11(14)7-9-4-2-8(3-5-9)6-10(12)13/h2-5H,6-7H2,1H3. The van der Waals surface area contributed by atoms with E-state index in [2.05, 4.69) is 4.74 Å². The van der Waals surface area contributed by atoms with E-state index in [1.165, 1.54) is 7.11 Å². The first-order chi connectivity index (χ1) is 7.11. The second-order valence-corrected chi connectivity index (χ2v) is 3.08. The van der Waals surface area contributed by atoms with Crippen molar-refractivity contribution >= 4 is 5.97 Å². The Kier molecular flexibility index (Phi) is 4.21. The minimum atomic E-state index is -1.62. The molecule has 0 aliphatic carbocycles. The monoisotopic (exact) mass is 213 g/mol. The number of halogens is 2. The molecule has 0 spiro atoms. The molecular weight excluding hydrogens is 202 g/mol. The van der Waals surface area contributed by atoms with Crippen LogP contribution in [0.2, 0.25) is 0 Å². The molecule has 1 rings (SSSR count). The molecule has 0 bridgehead atoms. The Morgan fingerprint density at radius 2 is 1.60 bits per heavy atom. The van der Waals surface area contributed by atoms with Crippen LogP contribution in [0, 0.1) is 6.43 Å². The number of rotatable bonds is 4. The van der Waals surface area contributed by atoms with Crippen LogP contribution in [0.25, 0.3) is 0 Å². The highest BCUT2D eigenvalue weighted by molar-refractivity contribution is 5.72. The van der Waals surface area contributed by atoms with Gasteiger partial charge in [0.25, 0.3) is 0 Å². The molecule has 0 heterocycles. The lowest BCUT2D eigenvalue weighted by Gasteiger charge is -2.02. The molecule has 1 aromatic carbocycles. The Labute approximate surface area is 86.9 Å². The third kappa shape index (κ3) is 4.06. The fraction of sp³-hybridized carbons (Fsp3) is 0.273. The van der Waals surface area contributed by atoms with Gasteiger partial charge in [-0.25, -0.2) is 0 Å². The van der Waals surface area contributed by atoms with Crippen LogP contribution in [0.4, 0.5) is 8.78 Å². The highest BCUT2D eigenvalue weighted by Crippen LogP contribution is 2.14. The van der Waals surface area contributed by atoms with E-state index < -0.39 is 6.43 Å². The van der Waals surface area contributed by atoms with Gasteiger partial charge in [-0.3, -0.25) is 4.79 Å². The fourth-order valence-electron chi connectivity index (χ4n) is 1.17. The molecule has 15 heavy (non-hydrogen) atoms. The first-order valence-corrected chi connectivity index (χ1v) is 4.43. The zero-order valence-electron chi connectivity index (χ0n) is 8.30. The second kappa shape index (κ2) is 5.44. The molecular formula is C11H11F2O2. The Balaban J connectivity index is 2.60. The van der Waals surface area contributed by atoms with Crippen molar-refractivity contribution in [1.82, 2.24) is 0 Å². The largest absolute Gasteiger partial charge is 0.469 e. The summed E-state index contributed by atoms with van der Waals surface area (Å²) in [4.78, 5) is 10.9. The average Bonchev–Trinajstić information content (AvgIpc) is 2.20. The molecule has 4 heteroatoms. The van der Waals surface area contributed by atoms with Gasteiger partial charge in [-0.15, -0.1) is 0 Å². The summed E-state index contributed by atoms with van der Waals surface area (Å²) < 4.78 is 28.3. The topological polar surface area (TPSA) is 26.3 Å². The Morgan fingerprint density at radius 1 is 1.13 bits per heavy atom. The third-order valence-corrected chi connectivity index (χ3v) is 1.94. The van der Waals surface area contributed by atoms with Gasteiger partial charge in [-0.2, -0.15) is 8.78 Å². The van der Waals surface area contributed by atoms with E-state index in [0.717, 1.165) is 5.56 Å². The summed E-state index contributed by atoms with van der Waals surface area (Å²) in [5.41, 5.74) is 1.29. The Hall–Kier alpha value is -1.45. The number of esters is 1. The average molecular weight is 213 g/mol. The van der Waals surface area contributed by atoms with Crippen molar-refractivity contribution in [2.75, 3.05) is 7.11 Å². The number of hydrogen-bond acceptors (Lipinski definition) is 2. The second-order valence-electron chi connectivity index (χ2n) is 3.08. The van der Waals surface area contributed by atoms with Crippen molar-refractivity contribution in [3.05, 3.63) is 41.8 Å². The minimum Gasteiger partial charge on any atom is -0.469 e. The zero-order chi connectivity index (χ0) is 11.3. The number of methoxy groups -OCH3 is 1. The molecule has 81 valence electrons. The summed E-state index contributed by atoms with van der Waals surface area (Å²) >= 11 is 0.